The van der Waals surface area contributed by atoms with Crippen LogP contribution in [-0.2, 0) is 0 Å². The van der Waals surface area contributed by atoms with Crippen molar-refractivity contribution in [3.63, 3.8) is 0 Å². The van der Waals surface area contributed by atoms with Gasteiger partial charge in [-0.15, -0.1) is 0 Å². The summed E-state index contributed by atoms with van der Waals surface area (Å²) in [6.45, 7) is 3.11. The van der Waals surface area contributed by atoms with Gasteiger partial charge in [-0.05, 0) is 36.4 Å². The van der Waals surface area contributed by atoms with E-state index in [-0.39, 0.29) is 5.82 Å². The highest BCUT2D eigenvalue weighted by atomic mass is 35.5. The Labute approximate surface area is 154 Å². The molecule has 2 heterocycles. The molecule has 1 saturated heterocycles. The molecule has 1 aromatic heterocycles. The van der Waals surface area contributed by atoms with Crippen molar-refractivity contribution in [3.8, 4) is 11.4 Å². The lowest BCUT2D eigenvalue weighted by atomic mass is 10.2. The molecule has 0 spiro atoms. The molecule has 1 fully saturated rings. The highest BCUT2D eigenvalue weighted by Gasteiger charge is 2.22. The van der Waals surface area contributed by atoms with Gasteiger partial charge in [0.25, 0.3) is 0 Å². The van der Waals surface area contributed by atoms with Crippen LogP contribution >= 0.6 is 23.1 Å². The van der Waals surface area contributed by atoms with Crippen LogP contribution in [0.15, 0.2) is 48.5 Å². The topological polar surface area (TPSA) is 32.3 Å². The third-order valence-electron chi connectivity index (χ3n) is 4.26. The van der Waals surface area contributed by atoms with Crippen LogP contribution in [0.2, 0.25) is 5.02 Å². The van der Waals surface area contributed by atoms with Crippen molar-refractivity contribution >= 4 is 34.0 Å². The highest BCUT2D eigenvalue weighted by molar-refractivity contribution is 7.09. The molecular weight excluding hydrogens is 359 g/mol. The first-order valence-corrected chi connectivity index (χ1v) is 9.20. The maximum Gasteiger partial charge on any atom is 0.205 e. The molecule has 7 heteroatoms. The molecule has 0 atom stereocenters. The number of piperazine rings is 1. The van der Waals surface area contributed by atoms with Gasteiger partial charge in [0.2, 0.25) is 5.13 Å². The number of hydrogen-bond donors (Lipinski definition) is 0. The van der Waals surface area contributed by atoms with E-state index in [0.717, 1.165) is 36.9 Å². The standard InChI is InChI=1S/C18H16ClFN4S/c19-14-7-5-13(6-8-14)17-21-18(25-22-17)24-11-9-23(10-12-24)16-4-2-1-3-15(16)20/h1-8H,9-12H2. The minimum absolute atomic E-state index is 0.170. The van der Waals surface area contributed by atoms with Crippen molar-refractivity contribution in [1.82, 2.24) is 9.36 Å². The van der Waals surface area contributed by atoms with Crippen molar-refractivity contribution in [1.29, 1.82) is 0 Å². The quantitative estimate of drug-likeness (QED) is 0.683. The summed E-state index contributed by atoms with van der Waals surface area (Å²) in [6, 6.07) is 14.4. The Kier molecular flexibility index (Phi) is 4.55. The molecule has 2 aromatic carbocycles. The Bertz CT molecular complexity index is 860. The molecule has 25 heavy (non-hydrogen) atoms. The number of halogens is 2. The van der Waals surface area contributed by atoms with Gasteiger partial charge in [0.1, 0.15) is 5.82 Å². The number of para-hydroxylation sites is 1. The fraction of sp³-hybridized carbons (Fsp3) is 0.222. The average Bonchev–Trinajstić information content (AvgIpc) is 3.13. The van der Waals surface area contributed by atoms with E-state index in [1.165, 1.54) is 17.6 Å². The van der Waals surface area contributed by atoms with Gasteiger partial charge in [0.05, 0.1) is 5.69 Å². The Hall–Kier alpha value is -2.18. The van der Waals surface area contributed by atoms with E-state index in [2.05, 4.69) is 19.2 Å². The van der Waals surface area contributed by atoms with E-state index in [9.17, 15) is 4.39 Å². The molecule has 0 aliphatic carbocycles. The molecule has 0 amide bonds. The molecule has 1 aliphatic rings. The maximum absolute atomic E-state index is 13.9. The van der Waals surface area contributed by atoms with Crippen LogP contribution in [0.1, 0.15) is 0 Å². The van der Waals surface area contributed by atoms with Crippen molar-refractivity contribution in [2.45, 2.75) is 0 Å². The van der Waals surface area contributed by atoms with Crippen LogP contribution in [0.5, 0.6) is 0 Å². The minimum atomic E-state index is -0.170. The van der Waals surface area contributed by atoms with Crippen LogP contribution in [0, 0.1) is 5.82 Å². The average molecular weight is 375 g/mol. The Morgan fingerprint density at radius 1 is 0.920 bits per heavy atom. The lowest BCUT2D eigenvalue weighted by Crippen LogP contribution is -2.46. The lowest BCUT2D eigenvalue weighted by Gasteiger charge is -2.35. The van der Waals surface area contributed by atoms with Crippen molar-refractivity contribution in [3.05, 3.63) is 59.4 Å². The number of nitrogens with zero attached hydrogens (tertiary/aromatic N) is 4. The van der Waals surface area contributed by atoms with Crippen LogP contribution in [0.3, 0.4) is 0 Å². The largest absolute Gasteiger partial charge is 0.366 e. The number of benzene rings is 2. The molecule has 4 nitrogen and oxygen atoms in total. The predicted molar refractivity (Wildman–Crippen MR) is 101 cm³/mol. The van der Waals surface area contributed by atoms with Crippen LogP contribution < -0.4 is 9.80 Å². The van der Waals surface area contributed by atoms with Crippen LogP contribution in [0.4, 0.5) is 15.2 Å². The SMILES string of the molecule is Fc1ccccc1N1CCN(c2nc(-c3ccc(Cl)cc3)ns2)CC1. The zero-order chi connectivity index (χ0) is 17.2. The minimum Gasteiger partial charge on any atom is -0.366 e. The van der Waals surface area contributed by atoms with E-state index in [1.54, 1.807) is 6.07 Å². The van der Waals surface area contributed by atoms with Crippen molar-refractivity contribution < 1.29 is 4.39 Å². The Morgan fingerprint density at radius 2 is 1.60 bits per heavy atom. The second kappa shape index (κ2) is 6.98. The normalized spacial score (nSPS) is 14.8. The number of anilines is 2. The van der Waals surface area contributed by atoms with Gasteiger partial charge in [-0.3, -0.25) is 0 Å². The summed E-state index contributed by atoms with van der Waals surface area (Å²) in [6.07, 6.45) is 0. The van der Waals surface area contributed by atoms with Crippen molar-refractivity contribution in [2.75, 3.05) is 36.0 Å². The number of hydrogen-bond acceptors (Lipinski definition) is 5. The number of rotatable bonds is 3. The van der Waals surface area contributed by atoms with Gasteiger partial charge in [0.15, 0.2) is 5.82 Å². The molecule has 0 N–H and O–H groups in total. The molecule has 4 rings (SSSR count). The highest BCUT2D eigenvalue weighted by Crippen LogP contribution is 2.27. The summed E-state index contributed by atoms with van der Waals surface area (Å²) in [7, 11) is 0. The van der Waals surface area contributed by atoms with E-state index < -0.39 is 0 Å². The summed E-state index contributed by atoms with van der Waals surface area (Å²) in [5.41, 5.74) is 1.62. The van der Waals surface area contributed by atoms with Gasteiger partial charge in [-0.2, -0.15) is 9.36 Å². The molecule has 0 bridgehead atoms. The fourth-order valence-corrected chi connectivity index (χ4v) is 3.77. The molecule has 1 aliphatic heterocycles. The second-order valence-electron chi connectivity index (χ2n) is 5.83. The third kappa shape index (κ3) is 3.45. The van der Waals surface area contributed by atoms with E-state index in [1.807, 2.05) is 36.4 Å². The first-order chi connectivity index (χ1) is 12.2. The second-order valence-corrected chi connectivity index (χ2v) is 7.00. The summed E-state index contributed by atoms with van der Waals surface area (Å²) in [4.78, 5) is 8.93. The monoisotopic (exact) mass is 374 g/mol. The summed E-state index contributed by atoms with van der Waals surface area (Å²) < 4.78 is 18.4. The molecule has 128 valence electrons. The Morgan fingerprint density at radius 3 is 2.32 bits per heavy atom. The summed E-state index contributed by atoms with van der Waals surface area (Å²) >= 11 is 7.32. The molecule has 0 saturated carbocycles. The van der Waals surface area contributed by atoms with E-state index >= 15 is 0 Å². The fourth-order valence-electron chi connectivity index (χ4n) is 2.91. The first-order valence-electron chi connectivity index (χ1n) is 8.05. The summed E-state index contributed by atoms with van der Waals surface area (Å²) in [5.74, 6) is 0.546. The van der Waals surface area contributed by atoms with E-state index in [4.69, 9.17) is 11.6 Å². The molecular formula is C18H16ClFN4S. The van der Waals surface area contributed by atoms with E-state index in [0.29, 0.717) is 16.5 Å². The Balaban J connectivity index is 1.45. The zero-order valence-corrected chi connectivity index (χ0v) is 15.0. The summed E-state index contributed by atoms with van der Waals surface area (Å²) in [5, 5.41) is 1.60. The van der Waals surface area contributed by atoms with Gasteiger partial charge in [-0.25, -0.2) is 4.39 Å². The van der Waals surface area contributed by atoms with Crippen LogP contribution in [-0.4, -0.2) is 35.5 Å². The predicted octanol–water partition coefficient (Wildman–Crippen LogP) is 4.32. The molecule has 3 aromatic rings. The first kappa shape index (κ1) is 16.3. The zero-order valence-electron chi connectivity index (χ0n) is 13.4. The van der Waals surface area contributed by atoms with Crippen LogP contribution in [0.25, 0.3) is 11.4 Å². The van der Waals surface area contributed by atoms with Crippen molar-refractivity contribution in [2.24, 2.45) is 0 Å². The molecule has 0 unspecified atom stereocenters. The van der Waals surface area contributed by atoms with Gasteiger partial charge in [0, 0.05) is 48.3 Å². The molecule has 0 radical (unpaired) electrons. The smallest absolute Gasteiger partial charge is 0.205 e. The third-order valence-corrected chi connectivity index (χ3v) is 5.29. The maximum atomic E-state index is 13.9. The number of aromatic nitrogens is 2. The van der Waals surface area contributed by atoms with Gasteiger partial charge >= 0.3 is 0 Å². The lowest BCUT2D eigenvalue weighted by molar-refractivity contribution is 0.597. The van der Waals surface area contributed by atoms with Gasteiger partial charge in [-0.1, -0.05) is 23.7 Å². The van der Waals surface area contributed by atoms with Gasteiger partial charge < -0.3 is 9.80 Å².